The number of fused-ring (bicyclic) bond motifs is 5. The van der Waals surface area contributed by atoms with Crippen molar-refractivity contribution in [1.82, 2.24) is 15.1 Å². The summed E-state index contributed by atoms with van der Waals surface area (Å²) in [5.74, 6) is 1.57. The van der Waals surface area contributed by atoms with Gasteiger partial charge in [-0.1, -0.05) is 54.6 Å². The SMILES string of the molecule is O=C1CC[C@H](N2Cc3c(ccc4c3OCC43CCN(CC4CCC5(CCN(c6ccc([C@@H]7c8ccc(O)cc8CC[C@@H]7c7ccccc7)cc6)CC5)OC4)CC3)C2=O)C(=O)N1. The second-order valence-electron chi connectivity index (χ2n) is 19.1. The van der Waals surface area contributed by atoms with E-state index in [1.165, 1.54) is 39.9 Å². The van der Waals surface area contributed by atoms with Crippen molar-refractivity contribution in [3.05, 3.63) is 124 Å². The van der Waals surface area contributed by atoms with E-state index in [-0.39, 0.29) is 41.1 Å². The van der Waals surface area contributed by atoms with Crippen molar-refractivity contribution in [2.45, 2.75) is 99.6 Å². The van der Waals surface area contributed by atoms with Gasteiger partial charge in [-0.05, 0) is 135 Å². The van der Waals surface area contributed by atoms with Crippen LogP contribution in [0.25, 0.3) is 0 Å². The molecule has 3 amide bonds. The molecule has 1 aliphatic carbocycles. The van der Waals surface area contributed by atoms with Crippen molar-refractivity contribution < 1.29 is 29.0 Å². The Hall–Kier alpha value is -5.19. The smallest absolute Gasteiger partial charge is 0.255 e. The zero-order valence-corrected chi connectivity index (χ0v) is 35.0. The Balaban J connectivity index is 0.678. The van der Waals surface area contributed by atoms with E-state index in [0.717, 1.165) is 95.6 Å². The Morgan fingerprint density at radius 2 is 1.59 bits per heavy atom. The zero-order chi connectivity index (χ0) is 41.3. The summed E-state index contributed by atoms with van der Waals surface area (Å²) in [6, 6.07) is 29.6. The number of nitrogens with one attached hydrogen (secondary N) is 1. The van der Waals surface area contributed by atoms with Crippen LogP contribution in [0.2, 0.25) is 0 Å². The standard InChI is InChI=1S/C51H56N4O6/c56-38-11-13-40-36(28-38)8-12-39(34-4-2-1-3-5-34)46(40)35-6-9-37(10-7-35)54-26-22-51(23-27-54)19-18-33(31-61-51)29-53-24-20-50(21-25-53)32-60-47-42-30-55(44-16-17-45(57)52-48(44)58)49(59)41(42)14-15-43(47)50/h1-7,9-11,13-15,28,33,39,44,46,56H,8,12,16-27,29-32H2,(H,52,57,58)/t33?,39-,44+,46+/m1/s1. The summed E-state index contributed by atoms with van der Waals surface area (Å²) in [7, 11) is 0. The van der Waals surface area contributed by atoms with Crippen molar-refractivity contribution in [3.63, 3.8) is 0 Å². The lowest BCUT2D eigenvalue weighted by Crippen LogP contribution is -2.52. The van der Waals surface area contributed by atoms with E-state index in [0.29, 0.717) is 42.7 Å². The number of amides is 3. The molecule has 4 atom stereocenters. The van der Waals surface area contributed by atoms with E-state index in [9.17, 15) is 19.5 Å². The molecule has 6 aliphatic heterocycles. The van der Waals surface area contributed by atoms with Crippen LogP contribution in [0.1, 0.15) is 113 Å². The highest BCUT2D eigenvalue weighted by Crippen LogP contribution is 2.51. The van der Waals surface area contributed by atoms with E-state index >= 15 is 0 Å². The van der Waals surface area contributed by atoms with Gasteiger partial charge in [0.25, 0.3) is 5.91 Å². The van der Waals surface area contributed by atoms with Gasteiger partial charge in [0.1, 0.15) is 17.5 Å². The van der Waals surface area contributed by atoms with Crippen LogP contribution in [0.5, 0.6) is 11.5 Å². The molecular weight excluding hydrogens is 765 g/mol. The van der Waals surface area contributed by atoms with E-state index in [4.69, 9.17) is 9.47 Å². The minimum absolute atomic E-state index is 0.0144. The number of hydrogen-bond acceptors (Lipinski definition) is 8. The van der Waals surface area contributed by atoms with Gasteiger partial charge in [0.05, 0.1) is 25.4 Å². The van der Waals surface area contributed by atoms with Gasteiger partial charge in [0.2, 0.25) is 11.8 Å². The molecule has 4 aromatic carbocycles. The molecular formula is C51H56N4O6. The molecule has 0 radical (unpaired) electrons. The number of likely N-dealkylation sites (tertiary alicyclic amines) is 1. The second-order valence-corrected chi connectivity index (χ2v) is 19.1. The molecule has 2 spiro atoms. The van der Waals surface area contributed by atoms with Gasteiger partial charge >= 0.3 is 0 Å². The molecule has 4 saturated heterocycles. The van der Waals surface area contributed by atoms with Crippen molar-refractivity contribution >= 4 is 23.4 Å². The van der Waals surface area contributed by atoms with E-state index in [2.05, 4.69) is 81.8 Å². The largest absolute Gasteiger partial charge is 0.508 e. The summed E-state index contributed by atoms with van der Waals surface area (Å²) in [4.78, 5) is 44.6. The first-order chi connectivity index (χ1) is 29.7. The molecule has 1 unspecified atom stereocenters. The predicted octanol–water partition coefficient (Wildman–Crippen LogP) is 7.21. The molecule has 4 aromatic rings. The van der Waals surface area contributed by atoms with Gasteiger partial charge in [0, 0.05) is 59.8 Å². The lowest BCUT2D eigenvalue weighted by atomic mass is 9.69. The molecule has 2 N–H and O–H groups in total. The molecule has 0 aromatic heterocycles. The van der Waals surface area contributed by atoms with Gasteiger partial charge in [-0.2, -0.15) is 0 Å². The number of rotatable bonds is 6. The van der Waals surface area contributed by atoms with Crippen molar-refractivity contribution in [2.24, 2.45) is 5.92 Å². The predicted molar refractivity (Wildman–Crippen MR) is 232 cm³/mol. The lowest BCUT2D eigenvalue weighted by Gasteiger charge is -2.47. The fourth-order valence-electron chi connectivity index (χ4n) is 12.2. The molecule has 10 heteroatoms. The number of ether oxygens (including phenoxy) is 2. The maximum absolute atomic E-state index is 13.4. The number of carbonyl (C=O) groups is 3. The van der Waals surface area contributed by atoms with E-state index in [1.54, 1.807) is 4.90 Å². The average molecular weight is 821 g/mol. The number of aromatic hydroxyl groups is 1. The third kappa shape index (κ3) is 6.90. The van der Waals surface area contributed by atoms with E-state index < -0.39 is 6.04 Å². The molecule has 6 heterocycles. The van der Waals surface area contributed by atoms with Crippen LogP contribution < -0.4 is 15.0 Å². The number of phenols is 1. The average Bonchev–Trinajstić information content (AvgIpc) is 3.82. The van der Waals surface area contributed by atoms with Gasteiger partial charge in [-0.25, -0.2) is 0 Å². The number of phenolic OH excluding ortho intramolecular Hbond substituents is 1. The monoisotopic (exact) mass is 820 g/mol. The Morgan fingerprint density at radius 3 is 2.34 bits per heavy atom. The number of anilines is 1. The molecule has 0 saturated carbocycles. The number of aryl methyl sites for hydroxylation is 1. The molecule has 0 bridgehead atoms. The molecule has 61 heavy (non-hydrogen) atoms. The highest BCUT2D eigenvalue weighted by atomic mass is 16.5. The Bertz CT molecular complexity index is 2340. The van der Waals surface area contributed by atoms with Gasteiger partial charge in [0.15, 0.2) is 0 Å². The van der Waals surface area contributed by atoms with Crippen LogP contribution in [0.3, 0.4) is 0 Å². The topological polar surface area (TPSA) is 112 Å². The minimum atomic E-state index is -0.624. The highest BCUT2D eigenvalue weighted by Gasteiger charge is 2.48. The lowest BCUT2D eigenvalue weighted by molar-refractivity contribution is -0.136. The van der Waals surface area contributed by atoms with Crippen molar-refractivity contribution in [1.29, 1.82) is 0 Å². The van der Waals surface area contributed by atoms with Crippen LogP contribution in [-0.4, -0.2) is 90.2 Å². The Morgan fingerprint density at radius 1 is 0.787 bits per heavy atom. The summed E-state index contributed by atoms with van der Waals surface area (Å²) in [6.07, 6.45) is 9.13. The van der Waals surface area contributed by atoms with E-state index in [1.807, 2.05) is 18.2 Å². The molecule has 7 aliphatic rings. The maximum Gasteiger partial charge on any atom is 0.255 e. The molecule has 316 valence electrons. The number of imide groups is 1. The zero-order valence-electron chi connectivity index (χ0n) is 35.0. The minimum Gasteiger partial charge on any atom is -0.508 e. The summed E-state index contributed by atoms with van der Waals surface area (Å²) in [5.41, 5.74) is 9.27. The molecule has 4 fully saturated rings. The van der Waals surface area contributed by atoms with Crippen LogP contribution >= 0.6 is 0 Å². The number of carbonyl (C=O) groups excluding carboxylic acids is 3. The first-order valence-corrected chi connectivity index (χ1v) is 22.8. The van der Waals surface area contributed by atoms with Crippen LogP contribution in [-0.2, 0) is 32.7 Å². The van der Waals surface area contributed by atoms with Gasteiger partial charge < -0.3 is 29.3 Å². The highest BCUT2D eigenvalue weighted by molar-refractivity contribution is 6.05. The van der Waals surface area contributed by atoms with Crippen molar-refractivity contribution in [3.8, 4) is 11.5 Å². The third-order valence-corrected chi connectivity index (χ3v) is 15.8. The van der Waals surface area contributed by atoms with Crippen LogP contribution in [0, 0.1) is 5.92 Å². The first-order valence-electron chi connectivity index (χ1n) is 22.8. The Labute approximate surface area is 358 Å². The first kappa shape index (κ1) is 38.7. The normalized spacial score (nSPS) is 26.8. The summed E-state index contributed by atoms with van der Waals surface area (Å²) >= 11 is 0. The van der Waals surface area contributed by atoms with Gasteiger partial charge in [-0.3, -0.25) is 19.7 Å². The molecule has 11 rings (SSSR count). The number of nitrogens with zero attached hydrogens (tertiary/aromatic N) is 3. The summed E-state index contributed by atoms with van der Waals surface area (Å²) in [6.45, 7) is 6.91. The second kappa shape index (κ2) is 15.3. The number of piperidine rings is 3. The van der Waals surface area contributed by atoms with Crippen LogP contribution in [0.4, 0.5) is 5.69 Å². The molecule has 10 nitrogen and oxygen atoms in total. The Kier molecular flexibility index (Phi) is 9.72. The fourth-order valence-corrected chi connectivity index (χ4v) is 12.2. The number of hydrogen-bond donors (Lipinski definition) is 2. The van der Waals surface area contributed by atoms with Gasteiger partial charge in [-0.15, -0.1) is 0 Å². The number of benzene rings is 4. The maximum atomic E-state index is 13.4. The quantitative estimate of drug-likeness (QED) is 0.197. The van der Waals surface area contributed by atoms with Crippen LogP contribution in [0.15, 0.2) is 84.9 Å². The third-order valence-electron chi connectivity index (χ3n) is 15.8. The summed E-state index contributed by atoms with van der Waals surface area (Å²) < 4.78 is 13.3. The van der Waals surface area contributed by atoms with Crippen molar-refractivity contribution in [2.75, 3.05) is 50.8 Å². The fraction of sp³-hybridized carbons (Fsp3) is 0.471. The summed E-state index contributed by atoms with van der Waals surface area (Å²) in [5, 5.41) is 12.7.